The summed E-state index contributed by atoms with van der Waals surface area (Å²) in [5, 5.41) is 3.72. The Morgan fingerprint density at radius 2 is 1.67 bits per heavy atom. The molecule has 0 aliphatic carbocycles. The Bertz CT molecular complexity index is 551. The highest BCUT2D eigenvalue weighted by Crippen LogP contribution is 2.25. The largest absolute Gasteiger partial charge is 0.302 e. The molecular weight excluding hydrogens is 258 g/mol. The first kappa shape index (κ1) is 15.6. The first-order valence-corrected chi connectivity index (χ1v) is 7.66. The molecule has 2 rings (SSSR count). The minimum Gasteiger partial charge on any atom is -0.302 e. The lowest BCUT2D eigenvalue weighted by Crippen LogP contribution is -2.27. The maximum absolute atomic E-state index is 4.48. The molecule has 0 saturated carbocycles. The Balaban J connectivity index is 2.17. The van der Waals surface area contributed by atoms with E-state index in [9.17, 15) is 0 Å². The highest BCUT2D eigenvalue weighted by Gasteiger charge is 2.18. The first-order valence-electron chi connectivity index (χ1n) is 7.66. The van der Waals surface area contributed by atoms with Crippen LogP contribution >= 0.6 is 0 Å². The Morgan fingerprint density at radius 3 is 2.29 bits per heavy atom. The molecule has 112 valence electrons. The van der Waals surface area contributed by atoms with Gasteiger partial charge in [-0.1, -0.05) is 44.2 Å². The smallest absolute Gasteiger partial charge is 0.0782 e. The number of benzene rings is 1. The topological polar surface area (TPSA) is 37.8 Å². The van der Waals surface area contributed by atoms with E-state index in [4.69, 9.17) is 0 Å². The molecule has 1 N–H and O–H groups in total. The molecule has 2 atom stereocenters. The number of rotatable bonds is 6. The summed E-state index contributed by atoms with van der Waals surface area (Å²) < 4.78 is 0. The highest BCUT2D eigenvalue weighted by molar-refractivity contribution is 5.20. The third-order valence-corrected chi connectivity index (χ3v) is 3.69. The van der Waals surface area contributed by atoms with Crippen LogP contribution in [-0.4, -0.2) is 9.97 Å². The van der Waals surface area contributed by atoms with Crippen molar-refractivity contribution < 1.29 is 0 Å². The lowest BCUT2D eigenvalue weighted by molar-refractivity contribution is 0.389. The van der Waals surface area contributed by atoms with E-state index in [0.29, 0.717) is 12.0 Å². The summed E-state index contributed by atoms with van der Waals surface area (Å²) in [5.41, 5.74) is 3.36. The zero-order chi connectivity index (χ0) is 15.2. The van der Waals surface area contributed by atoms with Gasteiger partial charge in [-0.15, -0.1) is 0 Å². The van der Waals surface area contributed by atoms with E-state index >= 15 is 0 Å². The normalized spacial score (nSPS) is 14.1. The summed E-state index contributed by atoms with van der Waals surface area (Å²) in [6, 6.07) is 11.2. The lowest BCUT2D eigenvalue weighted by atomic mass is 9.96. The quantitative estimate of drug-likeness (QED) is 0.862. The van der Waals surface area contributed by atoms with Gasteiger partial charge in [0, 0.05) is 24.5 Å². The molecular formula is C18H25N3. The SMILES string of the molecule is Cc1nccnc1C(C)NC(CC(C)C)c1ccccc1. The number of nitrogens with zero attached hydrogens (tertiary/aromatic N) is 2. The molecule has 2 unspecified atom stereocenters. The molecule has 0 aliphatic rings. The van der Waals surface area contributed by atoms with Crippen molar-refractivity contribution in [2.75, 3.05) is 0 Å². The molecule has 3 heteroatoms. The van der Waals surface area contributed by atoms with Gasteiger partial charge >= 0.3 is 0 Å². The first-order chi connectivity index (χ1) is 10.1. The molecule has 3 nitrogen and oxygen atoms in total. The van der Waals surface area contributed by atoms with Crippen molar-refractivity contribution in [3.8, 4) is 0 Å². The van der Waals surface area contributed by atoms with Crippen molar-refractivity contribution in [3.05, 3.63) is 59.7 Å². The zero-order valence-electron chi connectivity index (χ0n) is 13.4. The molecule has 1 aromatic heterocycles. The van der Waals surface area contributed by atoms with Crippen LogP contribution in [0.1, 0.15) is 56.2 Å². The second-order valence-corrected chi connectivity index (χ2v) is 6.01. The highest BCUT2D eigenvalue weighted by atomic mass is 15.0. The maximum Gasteiger partial charge on any atom is 0.0782 e. The second-order valence-electron chi connectivity index (χ2n) is 6.01. The van der Waals surface area contributed by atoms with Crippen LogP contribution in [0.5, 0.6) is 0 Å². The third-order valence-electron chi connectivity index (χ3n) is 3.69. The fourth-order valence-corrected chi connectivity index (χ4v) is 2.68. The Labute approximate surface area is 127 Å². The summed E-state index contributed by atoms with van der Waals surface area (Å²) in [4.78, 5) is 8.82. The van der Waals surface area contributed by atoms with Gasteiger partial charge in [-0.05, 0) is 31.7 Å². The summed E-state index contributed by atoms with van der Waals surface area (Å²) in [6.07, 6.45) is 4.61. The average molecular weight is 283 g/mol. The van der Waals surface area contributed by atoms with Crippen molar-refractivity contribution in [1.82, 2.24) is 15.3 Å². The summed E-state index contributed by atoms with van der Waals surface area (Å²) in [5.74, 6) is 0.637. The molecule has 0 fully saturated rings. The Kier molecular flexibility index (Phi) is 5.45. The van der Waals surface area contributed by atoms with Crippen molar-refractivity contribution in [2.24, 2.45) is 5.92 Å². The van der Waals surface area contributed by atoms with Crippen LogP contribution in [0.4, 0.5) is 0 Å². The lowest BCUT2D eigenvalue weighted by Gasteiger charge is -2.25. The molecule has 0 radical (unpaired) electrons. The van der Waals surface area contributed by atoms with Gasteiger partial charge in [0.2, 0.25) is 0 Å². The Hall–Kier alpha value is -1.74. The van der Waals surface area contributed by atoms with E-state index in [2.05, 4.69) is 66.4 Å². The van der Waals surface area contributed by atoms with E-state index in [-0.39, 0.29) is 6.04 Å². The van der Waals surface area contributed by atoms with Gasteiger partial charge in [0.15, 0.2) is 0 Å². The van der Waals surface area contributed by atoms with Gasteiger partial charge in [-0.3, -0.25) is 9.97 Å². The van der Waals surface area contributed by atoms with Crippen LogP contribution in [0.3, 0.4) is 0 Å². The molecule has 0 aliphatic heterocycles. The second kappa shape index (κ2) is 7.32. The van der Waals surface area contributed by atoms with Crippen LogP contribution in [0, 0.1) is 12.8 Å². The van der Waals surface area contributed by atoms with E-state index in [1.54, 1.807) is 12.4 Å². The van der Waals surface area contributed by atoms with Crippen molar-refractivity contribution in [1.29, 1.82) is 0 Å². The monoisotopic (exact) mass is 283 g/mol. The molecule has 1 heterocycles. The molecule has 2 aromatic rings. The molecule has 0 saturated heterocycles. The van der Waals surface area contributed by atoms with Crippen LogP contribution < -0.4 is 5.32 Å². The van der Waals surface area contributed by atoms with E-state index in [1.165, 1.54) is 5.56 Å². The number of hydrogen-bond donors (Lipinski definition) is 1. The summed E-state index contributed by atoms with van der Waals surface area (Å²) in [7, 11) is 0. The fraction of sp³-hybridized carbons (Fsp3) is 0.444. The molecule has 21 heavy (non-hydrogen) atoms. The van der Waals surface area contributed by atoms with E-state index < -0.39 is 0 Å². The molecule has 0 bridgehead atoms. The van der Waals surface area contributed by atoms with Gasteiger partial charge in [0.25, 0.3) is 0 Å². The average Bonchev–Trinajstić information content (AvgIpc) is 2.47. The number of aromatic nitrogens is 2. The van der Waals surface area contributed by atoms with Gasteiger partial charge in [-0.25, -0.2) is 0 Å². The zero-order valence-corrected chi connectivity index (χ0v) is 13.4. The fourth-order valence-electron chi connectivity index (χ4n) is 2.68. The summed E-state index contributed by atoms with van der Waals surface area (Å²) in [6.45, 7) is 8.69. The third kappa shape index (κ3) is 4.36. The number of aryl methyl sites for hydroxylation is 1. The number of hydrogen-bond acceptors (Lipinski definition) is 3. The van der Waals surface area contributed by atoms with Crippen molar-refractivity contribution in [3.63, 3.8) is 0 Å². The van der Waals surface area contributed by atoms with Crippen LogP contribution in [0.15, 0.2) is 42.7 Å². The maximum atomic E-state index is 4.48. The minimum absolute atomic E-state index is 0.183. The summed E-state index contributed by atoms with van der Waals surface area (Å²) >= 11 is 0. The van der Waals surface area contributed by atoms with Crippen LogP contribution in [-0.2, 0) is 0 Å². The van der Waals surface area contributed by atoms with Crippen LogP contribution in [0.2, 0.25) is 0 Å². The van der Waals surface area contributed by atoms with E-state index in [0.717, 1.165) is 17.8 Å². The van der Waals surface area contributed by atoms with E-state index in [1.807, 2.05) is 6.92 Å². The van der Waals surface area contributed by atoms with Gasteiger partial charge in [-0.2, -0.15) is 0 Å². The molecule has 1 aromatic carbocycles. The standard InChI is InChI=1S/C18H25N3/c1-13(2)12-17(16-8-6-5-7-9-16)21-15(4)18-14(3)19-10-11-20-18/h5-11,13,15,17,21H,12H2,1-4H3. The Morgan fingerprint density at radius 1 is 1.00 bits per heavy atom. The molecule has 0 amide bonds. The van der Waals surface area contributed by atoms with Crippen molar-refractivity contribution >= 4 is 0 Å². The van der Waals surface area contributed by atoms with Crippen LogP contribution in [0.25, 0.3) is 0 Å². The predicted octanol–water partition coefficient (Wildman–Crippen LogP) is 4.22. The molecule has 0 spiro atoms. The number of nitrogens with one attached hydrogen (secondary N) is 1. The predicted molar refractivity (Wildman–Crippen MR) is 87.0 cm³/mol. The van der Waals surface area contributed by atoms with Gasteiger partial charge in [0.1, 0.15) is 0 Å². The van der Waals surface area contributed by atoms with Gasteiger partial charge in [0.05, 0.1) is 11.4 Å². The van der Waals surface area contributed by atoms with Gasteiger partial charge < -0.3 is 5.32 Å². The minimum atomic E-state index is 0.183. The van der Waals surface area contributed by atoms with Crippen molar-refractivity contribution in [2.45, 2.75) is 46.2 Å².